The lowest BCUT2D eigenvalue weighted by Gasteiger charge is -2.09. The number of aromatic nitrogens is 3. The van der Waals surface area contributed by atoms with E-state index in [-0.39, 0.29) is 5.75 Å². The van der Waals surface area contributed by atoms with E-state index in [2.05, 4.69) is 20.1 Å². The highest BCUT2D eigenvalue weighted by molar-refractivity contribution is 5.55. The van der Waals surface area contributed by atoms with Crippen LogP contribution in [0, 0.1) is 0 Å². The van der Waals surface area contributed by atoms with Crippen molar-refractivity contribution in [3.05, 3.63) is 60.4 Å². The Morgan fingerprint density at radius 2 is 1.73 bits per heavy atom. The van der Waals surface area contributed by atoms with Crippen molar-refractivity contribution in [2.75, 3.05) is 13.6 Å². The van der Waals surface area contributed by atoms with Crippen LogP contribution in [0.4, 0.5) is 13.2 Å². The molecule has 26 heavy (non-hydrogen) atoms. The van der Waals surface area contributed by atoms with E-state index in [1.165, 1.54) is 40.8 Å². The quantitative estimate of drug-likeness (QED) is 0.728. The lowest BCUT2D eigenvalue weighted by atomic mass is 10.1. The maximum Gasteiger partial charge on any atom is 0.573 e. The fraction of sp³-hybridized carbons (Fsp3) is 0.222. The highest BCUT2D eigenvalue weighted by atomic mass is 19.4. The Kier molecular flexibility index (Phi) is 5.22. The van der Waals surface area contributed by atoms with Crippen LogP contribution < -0.4 is 10.1 Å². The predicted octanol–water partition coefficient (Wildman–Crippen LogP) is 3.59. The average Bonchev–Trinajstić information content (AvgIpc) is 3.10. The summed E-state index contributed by atoms with van der Waals surface area (Å²) in [5, 5.41) is 7.48. The van der Waals surface area contributed by atoms with Gasteiger partial charge in [-0.25, -0.2) is 9.67 Å². The molecule has 0 saturated carbocycles. The first-order valence-electron chi connectivity index (χ1n) is 7.96. The van der Waals surface area contributed by atoms with Gasteiger partial charge in [-0.2, -0.15) is 0 Å². The van der Waals surface area contributed by atoms with Gasteiger partial charge in [-0.15, -0.1) is 18.3 Å². The standard InChI is InChI=1S/C18H17F3N4O/c1-22-11-10-13-2-4-14(5-3-13)17-23-12-25(24-17)15-6-8-16(9-7-15)26-18(19,20)21/h2-9,12,22H,10-11H2,1H3. The number of hydrogen-bond acceptors (Lipinski definition) is 4. The summed E-state index contributed by atoms with van der Waals surface area (Å²) in [5.74, 6) is 0.263. The van der Waals surface area contributed by atoms with E-state index in [9.17, 15) is 13.2 Å². The molecule has 0 aliphatic carbocycles. The summed E-state index contributed by atoms with van der Waals surface area (Å²) in [6.07, 6.45) is -2.25. The molecule has 1 aromatic heterocycles. The zero-order valence-corrected chi connectivity index (χ0v) is 14.0. The van der Waals surface area contributed by atoms with Crippen molar-refractivity contribution in [3.8, 4) is 22.8 Å². The Bertz CT molecular complexity index is 842. The first-order chi connectivity index (χ1) is 12.4. The van der Waals surface area contributed by atoms with Crippen LogP contribution in [0.3, 0.4) is 0 Å². The Labute approximate surface area is 148 Å². The molecule has 8 heteroatoms. The van der Waals surface area contributed by atoms with E-state index < -0.39 is 6.36 Å². The average molecular weight is 362 g/mol. The Balaban J connectivity index is 1.73. The molecular weight excluding hydrogens is 345 g/mol. The largest absolute Gasteiger partial charge is 0.573 e. The number of benzene rings is 2. The van der Waals surface area contributed by atoms with E-state index >= 15 is 0 Å². The molecule has 0 bridgehead atoms. The van der Waals surface area contributed by atoms with Gasteiger partial charge in [0.2, 0.25) is 0 Å². The van der Waals surface area contributed by atoms with Gasteiger partial charge in [-0.3, -0.25) is 0 Å². The van der Waals surface area contributed by atoms with Gasteiger partial charge in [-0.05, 0) is 49.8 Å². The first kappa shape index (κ1) is 17.9. The zero-order chi connectivity index (χ0) is 18.6. The second-order valence-electron chi connectivity index (χ2n) is 5.60. The van der Waals surface area contributed by atoms with Gasteiger partial charge in [0, 0.05) is 5.56 Å². The second kappa shape index (κ2) is 7.57. The van der Waals surface area contributed by atoms with Crippen molar-refractivity contribution in [2.24, 2.45) is 0 Å². The van der Waals surface area contributed by atoms with Gasteiger partial charge < -0.3 is 10.1 Å². The number of rotatable bonds is 6. The van der Waals surface area contributed by atoms with Crippen LogP contribution in [-0.4, -0.2) is 34.7 Å². The molecule has 0 amide bonds. The van der Waals surface area contributed by atoms with Gasteiger partial charge in [0.25, 0.3) is 0 Å². The number of hydrogen-bond donors (Lipinski definition) is 1. The Morgan fingerprint density at radius 3 is 2.35 bits per heavy atom. The fourth-order valence-electron chi connectivity index (χ4n) is 2.41. The molecule has 3 rings (SSSR count). The van der Waals surface area contributed by atoms with Crippen LogP contribution in [0.1, 0.15) is 5.56 Å². The molecule has 1 heterocycles. The summed E-state index contributed by atoms with van der Waals surface area (Å²) >= 11 is 0. The van der Waals surface area contributed by atoms with Crippen LogP contribution >= 0.6 is 0 Å². The van der Waals surface area contributed by atoms with Crippen molar-refractivity contribution < 1.29 is 17.9 Å². The molecule has 0 aliphatic heterocycles. The van der Waals surface area contributed by atoms with Crippen LogP contribution in [0.15, 0.2) is 54.9 Å². The van der Waals surface area contributed by atoms with Crippen molar-refractivity contribution in [1.29, 1.82) is 0 Å². The van der Waals surface area contributed by atoms with E-state index in [4.69, 9.17) is 0 Å². The monoisotopic (exact) mass is 362 g/mol. The molecule has 0 saturated heterocycles. The van der Waals surface area contributed by atoms with Gasteiger partial charge in [0.05, 0.1) is 5.69 Å². The third-order valence-corrected chi connectivity index (χ3v) is 3.70. The smallest absolute Gasteiger partial charge is 0.406 e. The maximum atomic E-state index is 12.2. The molecule has 0 fully saturated rings. The number of halogens is 3. The molecule has 0 atom stereocenters. The third-order valence-electron chi connectivity index (χ3n) is 3.70. The van der Waals surface area contributed by atoms with Crippen molar-refractivity contribution >= 4 is 0 Å². The predicted molar refractivity (Wildman–Crippen MR) is 91.1 cm³/mol. The SMILES string of the molecule is CNCCc1ccc(-c2ncn(-c3ccc(OC(F)(F)F)cc3)n2)cc1. The van der Waals surface area contributed by atoms with Gasteiger partial charge in [0.15, 0.2) is 5.82 Å². The van der Waals surface area contributed by atoms with Gasteiger partial charge >= 0.3 is 6.36 Å². The van der Waals surface area contributed by atoms with Crippen LogP contribution in [0.2, 0.25) is 0 Å². The molecule has 1 N–H and O–H groups in total. The second-order valence-corrected chi connectivity index (χ2v) is 5.60. The van der Waals surface area contributed by atoms with Gasteiger partial charge in [-0.1, -0.05) is 24.3 Å². The minimum absolute atomic E-state index is 0.279. The molecule has 0 spiro atoms. The summed E-state index contributed by atoms with van der Waals surface area (Å²) in [6, 6.07) is 13.4. The highest BCUT2D eigenvalue weighted by Crippen LogP contribution is 2.24. The molecule has 0 radical (unpaired) electrons. The topological polar surface area (TPSA) is 52.0 Å². The highest BCUT2D eigenvalue weighted by Gasteiger charge is 2.30. The van der Waals surface area contributed by atoms with Crippen molar-refractivity contribution in [2.45, 2.75) is 12.8 Å². The number of likely N-dealkylation sites (N-methyl/N-ethyl adjacent to an activating group) is 1. The van der Waals surface area contributed by atoms with E-state index in [1.807, 2.05) is 31.3 Å². The number of ether oxygens (including phenoxy) is 1. The molecule has 136 valence electrons. The summed E-state index contributed by atoms with van der Waals surface area (Å²) in [6.45, 7) is 0.903. The fourth-order valence-corrected chi connectivity index (χ4v) is 2.41. The summed E-state index contributed by atoms with van der Waals surface area (Å²) in [7, 11) is 1.91. The summed E-state index contributed by atoms with van der Waals surface area (Å²) in [4.78, 5) is 4.26. The summed E-state index contributed by atoms with van der Waals surface area (Å²) in [5.41, 5.74) is 2.67. The van der Waals surface area contributed by atoms with Crippen LogP contribution in [0.5, 0.6) is 5.75 Å². The number of alkyl halides is 3. The lowest BCUT2D eigenvalue weighted by molar-refractivity contribution is -0.274. The van der Waals surface area contributed by atoms with E-state index in [1.54, 1.807) is 0 Å². The molecule has 3 aromatic rings. The number of nitrogens with zero attached hydrogens (tertiary/aromatic N) is 3. The maximum absolute atomic E-state index is 12.2. The lowest BCUT2D eigenvalue weighted by Crippen LogP contribution is -2.17. The number of nitrogens with one attached hydrogen (secondary N) is 1. The van der Waals surface area contributed by atoms with E-state index in [0.29, 0.717) is 11.5 Å². The third kappa shape index (κ3) is 4.60. The Hall–Kier alpha value is -2.87. The van der Waals surface area contributed by atoms with Crippen LogP contribution in [-0.2, 0) is 6.42 Å². The molecule has 0 unspecified atom stereocenters. The molecule has 0 aliphatic rings. The normalized spacial score (nSPS) is 11.5. The van der Waals surface area contributed by atoms with Crippen molar-refractivity contribution in [3.63, 3.8) is 0 Å². The summed E-state index contributed by atoms with van der Waals surface area (Å²) < 4.78 is 42.0. The van der Waals surface area contributed by atoms with Crippen LogP contribution in [0.25, 0.3) is 17.1 Å². The molecular formula is C18H17F3N4O. The van der Waals surface area contributed by atoms with Gasteiger partial charge in [0.1, 0.15) is 12.1 Å². The first-order valence-corrected chi connectivity index (χ1v) is 7.96. The minimum Gasteiger partial charge on any atom is -0.406 e. The molecule has 2 aromatic carbocycles. The van der Waals surface area contributed by atoms with Crippen molar-refractivity contribution in [1.82, 2.24) is 20.1 Å². The minimum atomic E-state index is -4.71. The molecule has 5 nitrogen and oxygen atoms in total. The zero-order valence-electron chi connectivity index (χ0n) is 14.0. The van der Waals surface area contributed by atoms with E-state index in [0.717, 1.165) is 18.5 Å². The Morgan fingerprint density at radius 1 is 1.04 bits per heavy atom.